The molecule has 0 spiro atoms. The largest absolute Gasteiger partial charge is 0.497 e. The normalized spacial score (nSPS) is 10.6. The van der Waals surface area contributed by atoms with E-state index in [1.54, 1.807) is 7.11 Å². The lowest BCUT2D eigenvalue weighted by molar-refractivity contribution is 0.414. The van der Waals surface area contributed by atoms with E-state index in [1.807, 2.05) is 29.8 Å². The Morgan fingerprint density at radius 2 is 2.20 bits per heavy atom. The number of nitrogens with two attached hydrogens (primary N) is 1. The van der Waals surface area contributed by atoms with Crippen LogP contribution in [0.1, 0.15) is 24.6 Å². The average molecular weight is 274 g/mol. The first kappa shape index (κ1) is 14.2. The lowest BCUT2D eigenvalue weighted by atomic mass is 10.2. The minimum atomic E-state index is 0.691. The summed E-state index contributed by atoms with van der Waals surface area (Å²) in [4.78, 5) is 0. The molecule has 0 saturated carbocycles. The van der Waals surface area contributed by atoms with Crippen LogP contribution in [0.4, 0.5) is 11.5 Å². The SMILES string of the molecule is CCCn1nc(C)c(N)c1NCc1cccc(OC)c1. The minimum absolute atomic E-state index is 0.691. The molecule has 0 aliphatic heterocycles. The number of aromatic nitrogens is 2. The maximum absolute atomic E-state index is 6.08. The van der Waals surface area contributed by atoms with Crippen molar-refractivity contribution < 1.29 is 4.74 Å². The number of rotatable bonds is 6. The number of anilines is 2. The number of hydrogen-bond donors (Lipinski definition) is 2. The molecule has 0 bridgehead atoms. The van der Waals surface area contributed by atoms with Gasteiger partial charge in [-0.1, -0.05) is 19.1 Å². The smallest absolute Gasteiger partial charge is 0.148 e. The Morgan fingerprint density at radius 3 is 2.90 bits per heavy atom. The number of methoxy groups -OCH3 is 1. The summed E-state index contributed by atoms with van der Waals surface area (Å²) in [6.07, 6.45) is 1.02. The van der Waals surface area contributed by atoms with E-state index in [0.29, 0.717) is 6.54 Å². The molecule has 0 aliphatic carbocycles. The fourth-order valence-corrected chi connectivity index (χ4v) is 2.12. The van der Waals surface area contributed by atoms with Crippen LogP contribution in [0.25, 0.3) is 0 Å². The van der Waals surface area contributed by atoms with E-state index in [9.17, 15) is 0 Å². The van der Waals surface area contributed by atoms with Crippen LogP contribution < -0.4 is 15.8 Å². The Balaban J connectivity index is 2.13. The van der Waals surface area contributed by atoms with Gasteiger partial charge in [0, 0.05) is 13.1 Å². The van der Waals surface area contributed by atoms with E-state index in [4.69, 9.17) is 10.5 Å². The molecule has 3 N–H and O–H groups in total. The highest BCUT2D eigenvalue weighted by Crippen LogP contribution is 2.23. The maximum Gasteiger partial charge on any atom is 0.148 e. The van der Waals surface area contributed by atoms with E-state index < -0.39 is 0 Å². The quantitative estimate of drug-likeness (QED) is 0.850. The lowest BCUT2D eigenvalue weighted by Gasteiger charge is -2.11. The molecule has 0 atom stereocenters. The second-order valence-corrected chi connectivity index (χ2v) is 4.78. The summed E-state index contributed by atoms with van der Waals surface area (Å²) in [5.41, 5.74) is 8.82. The topological polar surface area (TPSA) is 65.1 Å². The lowest BCUT2D eigenvalue weighted by Crippen LogP contribution is -2.09. The molecule has 0 radical (unpaired) electrons. The molecule has 5 heteroatoms. The summed E-state index contributed by atoms with van der Waals surface area (Å²) in [6.45, 7) is 5.60. The van der Waals surface area contributed by atoms with E-state index in [2.05, 4.69) is 23.4 Å². The maximum atomic E-state index is 6.08. The van der Waals surface area contributed by atoms with Crippen molar-refractivity contribution in [3.8, 4) is 5.75 Å². The van der Waals surface area contributed by atoms with Crippen LogP contribution in [0.3, 0.4) is 0 Å². The van der Waals surface area contributed by atoms with Gasteiger partial charge >= 0.3 is 0 Å². The van der Waals surface area contributed by atoms with Gasteiger partial charge in [-0.25, -0.2) is 4.68 Å². The second kappa shape index (κ2) is 6.32. The van der Waals surface area contributed by atoms with E-state index in [-0.39, 0.29) is 0 Å². The third-order valence-corrected chi connectivity index (χ3v) is 3.20. The molecular weight excluding hydrogens is 252 g/mol. The molecule has 0 saturated heterocycles. The van der Waals surface area contributed by atoms with Crippen LogP contribution in [0, 0.1) is 6.92 Å². The van der Waals surface area contributed by atoms with Crippen molar-refractivity contribution in [1.82, 2.24) is 9.78 Å². The van der Waals surface area contributed by atoms with Crippen LogP contribution in [-0.2, 0) is 13.1 Å². The molecule has 2 aromatic rings. The van der Waals surface area contributed by atoms with Gasteiger partial charge in [-0.15, -0.1) is 0 Å². The van der Waals surface area contributed by atoms with E-state index >= 15 is 0 Å². The zero-order valence-electron chi connectivity index (χ0n) is 12.3. The number of aryl methyl sites for hydroxylation is 2. The fraction of sp³-hybridized carbons (Fsp3) is 0.400. The van der Waals surface area contributed by atoms with Crippen molar-refractivity contribution in [2.45, 2.75) is 33.4 Å². The average Bonchev–Trinajstić information content (AvgIpc) is 2.72. The zero-order valence-corrected chi connectivity index (χ0v) is 12.3. The minimum Gasteiger partial charge on any atom is -0.497 e. The highest BCUT2D eigenvalue weighted by atomic mass is 16.5. The van der Waals surface area contributed by atoms with Crippen LogP contribution >= 0.6 is 0 Å². The number of ether oxygens (including phenoxy) is 1. The molecule has 0 amide bonds. The zero-order chi connectivity index (χ0) is 14.5. The molecule has 20 heavy (non-hydrogen) atoms. The molecule has 0 fully saturated rings. The van der Waals surface area contributed by atoms with Gasteiger partial charge in [0.25, 0.3) is 0 Å². The van der Waals surface area contributed by atoms with Crippen molar-refractivity contribution >= 4 is 11.5 Å². The van der Waals surface area contributed by atoms with Crippen molar-refractivity contribution in [3.05, 3.63) is 35.5 Å². The second-order valence-electron chi connectivity index (χ2n) is 4.78. The third kappa shape index (κ3) is 3.04. The van der Waals surface area contributed by atoms with Gasteiger partial charge < -0.3 is 15.8 Å². The number of nitrogen functional groups attached to an aromatic ring is 1. The Hall–Kier alpha value is -2.17. The molecule has 1 aromatic carbocycles. The van der Waals surface area contributed by atoms with E-state index in [0.717, 1.165) is 41.5 Å². The first-order valence-corrected chi connectivity index (χ1v) is 6.85. The summed E-state index contributed by atoms with van der Waals surface area (Å²) in [7, 11) is 1.67. The first-order chi connectivity index (χ1) is 9.65. The van der Waals surface area contributed by atoms with Crippen LogP contribution in [0.5, 0.6) is 5.75 Å². The number of hydrogen-bond acceptors (Lipinski definition) is 4. The summed E-state index contributed by atoms with van der Waals surface area (Å²) >= 11 is 0. The van der Waals surface area contributed by atoms with Gasteiger partial charge in [0.15, 0.2) is 0 Å². The number of benzene rings is 1. The third-order valence-electron chi connectivity index (χ3n) is 3.20. The molecule has 1 aromatic heterocycles. The van der Waals surface area contributed by atoms with Crippen molar-refractivity contribution in [2.75, 3.05) is 18.2 Å². The van der Waals surface area contributed by atoms with Crippen LogP contribution in [0.15, 0.2) is 24.3 Å². The molecular formula is C15H22N4O. The molecule has 5 nitrogen and oxygen atoms in total. The standard InChI is InChI=1S/C15H22N4O/c1-4-8-19-15(14(16)11(2)18-19)17-10-12-6-5-7-13(9-12)20-3/h5-7,9,17H,4,8,10,16H2,1-3H3. The van der Waals surface area contributed by atoms with Gasteiger partial charge in [0.1, 0.15) is 11.6 Å². The van der Waals surface area contributed by atoms with Gasteiger partial charge in [0.05, 0.1) is 18.5 Å². The van der Waals surface area contributed by atoms with Gasteiger partial charge in [0.2, 0.25) is 0 Å². The van der Waals surface area contributed by atoms with Gasteiger partial charge in [-0.3, -0.25) is 0 Å². The predicted molar refractivity (Wildman–Crippen MR) is 82.0 cm³/mol. The summed E-state index contributed by atoms with van der Waals surface area (Å²) in [5, 5.41) is 7.83. The monoisotopic (exact) mass is 274 g/mol. The molecule has 0 unspecified atom stereocenters. The summed E-state index contributed by atoms with van der Waals surface area (Å²) < 4.78 is 7.16. The Kier molecular flexibility index (Phi) is 4.50. The van der Waals surface area contributed by atoms with Gasteiger partial charge in [-0.2, -0.15) is 5.10 Å². The predicted octanol–water partition coefficient (Wildman–Crippen LogP) is 2.80. The summed E-state index contributed by atoms with van der Waals surface area (Å²) in [5.74, 6) is 1.75. The first-order valence-electron chi connectivity index (χ1n) is 6.85. The fourth-order valence-electron chi connectivity index (χ4n) is 2.12. The van der Waals surface area contributed by atoms with Crippen LogP contribution in [-0.4, -0.2) is 16.9 Å². The van der Waals surface area contributed by atoms with Crippen LogP contribution in [0.2, 0.25) is 0 Å². The highest BCUT2D eigenvalue weighted by molar-refractivity contribution is 5.64. The highest BCUT2D eigenvalue weighted by Gasteiger charge is 2.11. The molecule has 2 rings (SSSR count). The van der Waals surface area contributed by atoms with Gasteiger partial charge in [-0.05, 0) is 31.0 Å². The summed E-state index contributed by atoms with van der Waals surface area (Å²) in [6, 6.07) is 7.98. The Bertz CT molecular complexity index is 577. The van der Waals surface area contributed by atoms with E-state index in [1.165, 1.54) is 0 Å². The Labute approximate surface area is 119 Å². The number of nitrogens with zero attached hydrogens (tertiary/aromatic N) is 2. The Morgan fingerprint density at radius 1 is 1.40 bits per heavy atom. The molecule has 1 heterocycles. The molecule has 0 aliphatic rings. The van der Waals surface area contributed by atoms with Crippen molar-refractivity contribution in [3.63, 3.8) is 0 Å². The van der Waals surface area contributed by atoms with Crippen molar-refractivity contribution in [1.29, 1.82) is 0 Å². The number of nitrogens with one attached hydrogen (secondary N) is 1. The van der Waals surface area contributed by atoms with Crippen molar-refractivity contribution in [2.24, 2.45) is 0 Å². The molecule has 108 valence electrons.